The first kappa shape index (κ1) is 9.69. The molecule has 0 aliphatic carbocycles. The Labute approximate surface area is 94.4 Å². The van der Waals surface area contributed by atoms with Gasteiger partial charge in [-0.3, -0.25) is 4.57 Å². The summed E-state index contributed by atoms with van der Waals surface area (Å²) in [6.07, 6.45) is -0.319. The number of para-hydroxylation sites is 1. The number of hydrogen-bond donors (Lipinski definition) is 1. The van der Waals surface area contributed by atoms with Gasteiger partial charge in [-0.1, -0.05) is 12.1 Å². The maximum absolute atomic E-state index is 6.00. The standard InChI is InChI=1S/C12H16N3O/c1-14-9-7-5-4-6-8(9)10-11(14)15(2,3)12(13)16-10/h4-7,12H,13H2,1-3H3/q+1. The Morgan fingerprint density at radius 1 is 1.31 bits per heavy atom. The Kier molecular flexibility index (Phi) is 1.68. The third-order valence-electron chi connectivity index (χ3n) is 3.45. The first-order valence-electron chi connectivity index (χ1n) is 5.37. The van der Waals surface area contributed by atoms with E-state index in [1.807, 2.05) is 12.1 Å². The minimum Gasteiger partial charge on any atom is -0.420 e. The predicted octanol–water partition coefficient (Wildman–Crippen LogP) is 1.38. The molecular weight excluding hydrogens is 202 g/mol. The molecule has 0 amide bonds. The fourth-order valence-corrected chi connectivity index (χ4v) is 2.48. The van der Waals surface area contributed by atoms with E-state index in [2.05, 4.69) is 37.8 Å². The summed E-state index contributed by atoms with van der Waals surface area (Å²) >= 11 is 0. The lowest BCUT2D eigenvalue weighted by Crippen LogP contribution is -2.55. The Hall–Kier alpha value is -1.52. The van der Waals surface area contributed by atoms with Crippen LogP contribution in [0, 0.1) is 0 Å². The van der Waals surface area contributed by atoms with Crippen molar-refractivity contribution in [1.82, 2.24) is 9.05 Å². The molecule has 4 heteroatoms. The SMILES string of the molecule is Cn1c2c(c3ccccc31)OC(N)[N+]2(C)C. The number of hydrogen-bond acceptors (Lipinski definition) is 2. The van der Waals surface area contributed by atoms with Gasteiger partial charge in [-0.05, 0) is 12.1 Å². The van der Waals surface area contributed by atoms with E-state index in [1.54, 1.807) is 0 Å². The van der Waals surface area contributed by atoms with Crippen molar-refractivity contribution in [3.05, 3.63) is 24.3 Å². The van der Waals surface area contributed by atoms with Crippen molar-refractivity contribution >= 4 is 16.7 Å². The molecule has 2 heterocycles. The first-order valence-corrected chi connectivity index (χ1v) is 5.37. The summed E-state index contributed by atoms with van der Waals surface area (Å²) in [5.41, 5.74) is 7.19. The van der Waals surface area contributed by atoms with Gasteiger partial charge in [0.15, 0.2) is 0 Å². The molecule has 1 unspecified atom stereocenters. The molecule has 0 saturated carbocycles. The van der Waals surface area contributed by atoms with Gasteiger partial charge in [-0.2, -0.15) is 0 Å². The minimum absolute atomic E-state index is 0.319. The zero-order chi connectivity index (χ0) is 11.5. The molecule has 0 radical (unpaired) electrons. The van der Waals surface area contributed by atoms with Crippen LogP contribution in [0.15, 0.2) is 24.3 Å². The summed E-state index contributed by atoms with van der Waals surface area (Å²) in [7, 11) is 6.19. The van der Waals surface area contributed by atoms with Gasteiger partial charge in [0.05, 0.1) is 19.6 Å². The lowest BCUT2D eigenvalue weighted by Gasteiger charge is -2.26. The van der Waals surface area contributed by atoms with Crippen molar-refractivity contribution in [2.45, 2.75) is 6.35 Å². The maximum Gasteiger partial charge on any atom is 0.298 e. The molecule has 3 rings (SSSR count). The first-order chi connectivity index (χ1) is 7.53. The lowest BCUT2D eigenvalue weighted by atomic mass is 10.2. The predicted molar refractivity (Wildman–Crippen MR) is 65.2 cm³/mol. The van der Waals surface area contributed by atoms with Crippen molar-refractivity contribution in [3.63, 3.8) is 0 Å². The number of ether oxygens (including phenoxy) is 1. The molecule has 16 heavy (non-hydrogen) atoms. The monoisotopic (exact) mass is 218 g/mol. The maximum atomic E-state index is 6.00. The van der Waals surface area contributed by atoms with Crippen LogP contribution >= 0.6 is 0 Å². The molecule has 2 N–H and O–H groups in total. The van der Waals surface area contributed by atoms with Gasteiger partial charge < -0.3 is 4.74 Å². The number of quaternary nitrogens is 1. The fraction of sp³-hybridized carbons (Fsp3) is 0.333. The minimum atomic E-state index is -0.319. The molecule has 1 aliphatic heterocycles. The number of aromatic nitrogens is 1. The molecular formula is C12H16N3O+. The molecule has 0 fully saturated rings. The second-order valence-corrected chi connectivity index (χ2v) is 4.78. The van der Waals surface area contributed by atoms with Crippen LogP contribution in [-0.2, 0) is 7.05 Å². The summed E-state index contributed by atoms with van der Waals surface area (Å²) in [6.45, 7) is 0. The second kappa shape index (κ2) is 2.78. The number of nitrogens with two attached hydrogens (primary N) is 1. The Bertz CT molecular complexity index is 571. The van der Waals surface area contributed by atoms with Crippen LogP contribution in [0.5, 0.6) is 5.75 Å². The van der Waals surface area contributed by atoms with Gasteiger partial charge in [0.25, 0.3) is 12.2 Å². The van der Waals surface area contributed by atoms with Gasteiger partial charge in [-0.25, -0.2) is 10.2 Å². The molecule has 0 saturated heterocycles. The van der Waals surface area contributed by atoms with Crippen LogP contribution in [0.4, 0.5) is 5.82 Å². The van der Waals surface area contributed by atoms with Crippen LogP contribution in [-0.4, -0.2) is 25.0 Å². The summed E-state index contributed by atoms with van der Waals surface area (Å²) < 4.78 is 8.51. The van der Waals surface area contributed by atoms with E-state index < -0.39 is 0 Å². The van der Waals surface area contributed by atoms with Crippen LogP contribution in [0.2, 0.25) is 0 Å². The molecule has 84 valence electrons. The van der Waals surface area contributed by atoms with Crippen LogP contribution in [0.25, 0.3) is 10.9 Å². The molecule has 4 nitrogen and oxygen atoms in total. The molecule has 0 spiro atoms. The largest absolute Gasteiger partial charge is 0.420 e. The van der Waals surface area contributed by atoms with E-state index in [4.69, 9.17) is 10.5 Å². The smallest absolute Gasteiger partial charge is 0.298 e. The molecule has 1 atom stereocenters. The van der Waals surface area contributed by atoms with E-state index >= 15 is 0 Å². The highest BCUT2D eigenvalue weighted by Crippen LogP contribution is 2.46. The highest BCUT2D eigenvalue weighted by molar-refractivity contribution is 5.93. The average Bonchev–Trinajstić information content (AvgIpc) is 2.65. The molecule has 0 bridgehead atoms. The van der Waals surface area contributed by atoms with Gasteiger partial charge in [0.2, 0.25) is 5.75 Å². The number of rotatable bonds is 0. The van der Waals surface area contributed by atoms with Crippen molar-refractivity contribution in [1.29, 1.82) is 0 Å². The topological polar surface area (TPSA) is 40.2 Å². The summed E-state index contributed by atoms with van der Waals surface area (Å²) in [4.78, 5) is 0. The number of fused-ring (bicyclic) bond motifs is 3. The van der Waals surface area contributed by atoms with Crippen molar-refractivity contribution in [3.8, 4) is 5.75 Å². The summed E-state index contributed by atoms with van der Waals surface area (Å²) in [6, 6.07) is 8.24. The van der Waals surface area contributed by atoms with E-state index in [0.717, 1.165) is 17.0 Å². The average molecular weight is 218 g/mol. The van der Waals surface area contributed by atoms with Crippen LogP contribution in [0.1, 0.15) is 0 Å². The highest BCUT2D eigenvalue weighted by Gasteiger charge is 2.44. The van der Waals surface area contributed by atoms with Gasteiger partial charge in [-0.15, -0.1) is 0 Å². The van der Waals surface area contributed by atoms with Crippen LogP contribution < -0.4 is 15.0 Å². The van der Waals surface area contributed by atoms with Gasteiger partial charge >= 0.3 is 0 Å². The lowest BCUT2D eigenvalue weighted by molar-refractivity contribution is 0.111. The number of benzene rings is 1. The zero-order valence-corrected chi connectivity index (χ0v) is 9.77. The van der Waals surface area contributed by atoms with Gasteiger partial charge in [0, 0.05) is 12.4 Å². The zero-order valence-electron chi connectivity index (χ0n) is 9.77. The molecule has 1 aromatic heterocycles. The molecule has 1 aromatic carbocycles. The van der Waals surface area contributed by atoms with E-state index in [1.165, 1.54) is 5.52 Å². The Morgan fingerprint density at radius 2 is 2.00 bits per heavy atom. The third kappa shape index (κ3) is 0.956. The van der Waals surface area contributed by atoms with E-state index in [-0.39, 0.29) is 6.35 Å². The fourth-order valence-electron chi connectivity index (χ4n) is 2.48. The van der Waals surface area contributed by atoms with Crippen LogP contribution in [0.3, 0.4) is 0 Å². The highest BCUT2D eigenvalue weighted by atomic mass is 16.5. The van der Waals surface area contributed by atoms with E-state index in [0.29, 0.717) is 4.48 Å². The van der Waals surface area contributed by atoms with Crippen molar-refractivity contribution in [2.75, 3.05) is 14.1 Å². The Morgan fingerprint density at radius 3 is 2.75 bits per heavy atom. The molecule has 1 aliphatic rings. The van der Waals surface area contributed by atoms with Crippen molar-refractivity contribution in [2.24, 2.45) is 12.8 Å². The number of nitrogens with zero attached hydrogens (tertiary/aromatic N) is 2. The van der Waals surface area contributed by atoms with Crippen molar-refractivity contribution < 1.29 is 4.74 Å². The third-order valence-corrected chi connectivity index (χ3v) is 3.45. The Balaban J connectivity index is 2.42. The summed E-state index contributed by atoms with van der Waals surface area (Å²) in [5.74, 6) is 2.06. The van der Waals surface area contributed by atoms with E-state index in [9.17, 15) is 0 Å². The quantitative estimate of drug-likeness (QED) is 0.679. The second-order valence-electron chi connectivity index (χ2n) is 4.78. The number of aryl methyl sites for hydroxylation is 1. The normalized spacial score (nSPS) is 22.1. The summed E-state index contributed by atoms with van der Waals surface area (Å²) in [5, 5.41) is 1.14. The molecule has 2 aromatic rings. The van der Waals surface area contributed by atoms with Gasteiger partial charge in [0.1, 0.15) is 0 Å².